The van der Waals surface area contributed by atoms with Crippen LogP contribution in [0.25, 0.3) is 0 Å². The van der Waals surface area contributed by atoms with Crippen LogP contribution in [0.15, 0.2) is 27.5 Å². The third-order valence-electron chi connectivity index (χ3n) is 3.31. The first-order valence-corrected chi connectivity index (χ1v) is 7.08. The topological polar surface area (TPSA) is 67.9 Å². The lowest BCUT2D eigenvalue weighted by Gasteiger charge is -2.12. The zero-order valence-electron chi connectivity index (χ0n) is 12.0. The Labute approximate surface area is 130 Å². The number of halogens is 1. The van der Waals surface area contributed by atoms with Crippen LogP contribution in [-0.2, 0) is 6.54 Å². The van der Waals surface area contributed by atoms with Gasteiger partial charge in [0.25, 0.3) is 5.56 Å². The summed E-state index contributed by atoms with van der Waals surface area (Å²) in [4.78, 5) is 12.3. The maximum absolute atomic E-state index is 12.3. The van der Waals surface area contributed by atoms with Crippen molar-refractivity contribution in [2.45, 2.75) is 20.4 Å². The van der Waals surface area contributed by atoms with Crippen molar-refractivity contribution in [3.05, 3.63) is 55.4 Å². The van der Waals surface area contributed by atoms with Gasteiger partial charge in [-0.1, -0.05) is 15.9 Å². The van der Waals surface area contributed by atoms with E-state index < -0.39 is 0 Å². The molecule has 0 radical (unpaired) electrons. The number of hydrogen-bond donors (Lipinski definition) is 0. The number of rotatable bonds is 3. The van der Waals surface area contributed by atoms with Crippen LogP contribution in [0.4, 0.5) is 0 Å². The van der Waals surface area contributed by atoms with Gasteiger partial charge in [-0.3, -0.25) is 4.79 Å². The Bertz CT molecular complexity index is 791. The third-order valence-corrected chi connectivity index (χ3v) is 3.80. The predicted octanol–water partition coefficient (Wildman–Crippen LogP) is 2.55. The van der Waals surface area contributed by atoms with E-state index in [-0.39, 0.29) is 17.7 Å². The molecule has 21 heavy (non-hydrogen) atoms. The minimum absolute atomic E-state index is 0.136. The summed E-state index contributed by atoms with van der Waals surface area (Å²) in [6.07, 6.45) is 0. The van der Waals surface area contributed by atoms with Crippen molar-refractivity contribution in [3.8, 4) is 11.8 Å². The Hall–Kier alpha value is -2.13. The van der Waals surface area contributed by atoms with Gasteiger partial charge in [-0.05, 0) is 37.6 Å². The van der Waals surface area contributed by atoms with E-state index in [2.05, 4.69) is 21.0 Å². The summed E-state index contributed by atoms with van der Waals surface area (Å²) in [6, 6.07) is 7.50. The Balaban J connectivity index is 2.56. The van der Waals surface area contributed by atoms with Crippen molar-refractivity contribution in [2.24, 2.45) is 0 Å². The average Bonchev–Trinajstić information content (AvgIpc) is 2.46. The van der Waals surface area contributed by atoms with Gasteiger partial charge in [0.15, 0.2) is 0 Å². The fraction of sp³-hybridized carbons (Fsp3) is 0.267. The van der Waals surface area contributed by atoms with E-state index in [0.717, 1.165) is 10.0 Å². The Morgan fingerprint density at radius 3 is 2.76 bits per heavy atom. The highest BCUT2D eigenvalue weighted by molar-refractivity contribution is 9.10. The Kier molecular flexibility index (Phi) is 4.43. The van der Waals surface area contributed by atoms with Crippen molar-refractivity contribution >= 4 is 15.9 Å². The summed E-state index contributed by atoms with van der Waals surface area (Å²) in [5.74, 6) is 0.670. The Morgan fingerprint density at radius 1 is 1.43 bits per heavy atom. The number of ether oxygens (including phenoxy) is 1. The fourth-order valence-corrected chi connectivity index (χ4v) is 2.45. The molecule has 0 aliphatic rings. The van der Waals surface area contributed by atoms with Gasteiger partial charge in [0.1, 0.15) is 17.4 Å². The van der Waals surface area contributed by atoms with Crippen LogP contribution in [0.3, 0.4) is 0 Å². The molecule has 0 atom stereocenters. The molecule has 5 nitrogen and oxygen atoms in total. The van der Waals surface area contributed by atoms with E-state index in [1.165, 1.54) is 4.68 Å². The highest BCUT2D eigenvalue weighted by atomic mass is 79.9. The molecular formula is C15H14BrN3O2. The quantitative estimate of drug-likeness (QED) is 0.855. The van der Waals surface area contributed by atoms with E-state index in [4.69, 9.17) is 10.00 Å². The summed E-state index contributed by atoms with van der Waals surface area (Å²) >= 11 is 3.40. The monoisotopic (exact) mass is 347 g/mol. The molecule has 0 amide bonds. The number of aromatic nitrogens is 2. The van der Waals surface area contributed by atoms with Gasteiger partial charge in [0.2, 0.25) is 0 Å². The Morgan fingerprint density at radius 2 is 2.14 bits per heavy atom. The molecule has 1 aromatic carbocycles. The number of hydrogen-bond acceptors (Lipinski definition) is 4. The second-order valence-electron chi connectivity index (χ2n) is 4.62. The maximum Gasteiger partial charge on any atom is 0.285 e. The molecule has 0 spiro atoms. The number of nitriles is 1. The minimum Gasteiger partial charge on any atom is -0.496 e. The van der Waals surface area contributed by atoms with E-state index >= 15 is 0 Å². The summed E-state index contributed by atoms with van der Waals surface area (Å²) in [6.45, 7) is 3.76. The lowest BCUT2D eigenvalue weighted by atomic mass is 10.1. The first-order chi connectivity index (χ1) is 9.97. The van der Waals surface area contributed by atoms with Crippen molar-refractivity contribution in [1.29, 1.82) is 5.26 Å². The SMILES string of the molecule is COc1ccc(Br)cc1Cn1nc(C)c(C)c(C#N)c1=O. The molecule has 2 aromatic rings. The highest BCUT2D eigenvalue weighted by Gasteiger charge is 2.13. The van der Waals surface area contributed by atoms with Gasteiger partial charge in [0.05, 0.1) is 19.3 Å². The standard InChI is InChI=1S/C15H14BrN3O2/c1-9-10(2)18-19(15(20)13(9)7-17)8-11-6-12(16)4-5-14(11)21-3/h4-6H,8H2,1-3H3. The number of nitrogens with zero attached hydrogens (tertiary/aromatic N) is 3. The summed E-state index contributed by atoms with van der Waals surface area (Å²) in [7, 11) is 1.57. The molecule has 0 unspecified atom stereocenters. The van der Waals surface area contributed by atoms with Crippen LogP contribution in [0.2, 0.25) is 0 Å². The largest absolute Gasteiger partial charge is 0.496 e. The molecule has 0 N–H and O–H groups in total. The molecule has 1 aromatic heterocycles. The van der Waals surface area contributed by atoms with E-state index in [1.54, 1.807) is 21.0 Å². The molecule has 1 heterocycles. The zero-order valence-corrected chi connectivity index (χ0v) is 13.6. The lowest BCUT2D eigenvalue weighted by molar-refractivity contribution is 0.406. The summed E-state index contributed by atoms with van der Waals surface area (Å²) in [5.41, 5.74) is 1.85. The third kappa shape index (κ3) is 2.98. The maximum atomic E-state index is 12.3. The van der Waals surface area contributed by atoms with Crippen LogP contribution in [0, 0.1) is 25.2 Å². The number of aryl methyl sites for hydroxylation is 1. The molecule has 0 aliphatic heterocycles. The first kappa shape index (κ1) is 15.3. The van der Waals surface area contributed by atoms with E-state index in [0.29, 0.717) is 17.0 Å². The van der Waals surface area contributed by atoms with Gasteiger partial charge in [-0.2, -0.15) is 10.4 Å². The van der Waals surface area contributed by atoms with Crippen LogP contribution < -0.4 is 10.3 Å². The van der Waals surface area contributed by atoms with Gasteiger partial charge >= 0.3 is 0 Å². The van der Waals surface area contributed by atoms with Crippen molar-refractivity contribution in [2.75, 3.05) is 7.11 Å². The fourth-order valence-electron chi connectivity index (χ4n) is 2.04. The first-order valence-electron chi connectivity index (χ1n) is 6.28. The molecule has 0 fully saturated rings. The van der Waals surface area contributed by atoms with Crippen LogP contribution >= 0.6 is 15.9 Å². The zero-order chi connectivity index (χ0) is 15.6. The molecule has 0 bridgehead atoms. The van der Waals surface area contributed by atoms with Gasteiger partial charge < -0.3 is 4.74 Å². The van der Waals surface area contributed by atoms with Gasteiger partial charge in [-0.25, -0.2) is 4.68 Å². The molecule has 0 aliphatic carbocycles. The number of methoxy groups -OCH3 is 1. The van der Waals surface area contributed by atoms with Crippen LogP contribution in [-0.4, -0.2) is 16.9 Å². The van der Waals surface area contributed by atoms with Gasteiger partial charge in [-0.15, -0.1) is 0 Å². The average molecular weight is 348 g/mol. The van der Waals surface area contributed by atoms with Crippen LogP contribution in [0.5, 0.6) is 5.75 Å². The molecule has 2 rings (SSSR count). The minimum atomic E-state index is -0.386. The normalized spacial score (nSPS) is 10.2. The summed E-state index contributed by atoms with van der Waals surface area (Å²) in [5, 5.41) is 13.4. The molecule has 6 heteroatoms. The highest BCUT2D eigenvalue weighted by Crippen LogP contribution is 2.23. The summed E-state index contributed by atoms with van der Waals surface area (Å²) < 4.78 is 7.48. The smallest absolute Gasteiger partial charge is 0.285 e. The molecule has 0 saturated heterocycles. The number of benzene rings is 1. The van der Waals surface area contributed by atoms with Crippen LogP contribution in [0.1, 0.15) is 22.4 Å². The predicted molar refractivity (Wildman–Crippen MR) is 82.5 cm³/mol. The lowest BCUT2D eigenvalue weighted by Crippen LogP contribution is -2.28. The molecule has 0 saturated carbocycles. The van der Waals surface area contributed by atoms with E-state index in [9.17, 15) is 4.79 Å². The van der Waals surface area contributed by atoms with Crippen molar-refractivity contribution in [1.82, 2.24) is 9.78 Å². The second kappa shape index (κ2) is 6.10. The van der Waals surface area contributed by atoms with E-state index in [1.807, 2.05) is 24.3 Å². The second-order valence-corrected chi connectivity index (χ2v) is 5.53. The van der Waals surface area contributed by atoms with Crippen molar-refractivity contribution in [3.63, 3.8) is 0 Å². The van der Waals surface area contributed by atoms with Gasteiger partial charge in [0, 0.05) is 10.0 Å². The molecular weight excluding hydrogens is 334 g/mol. The van der Waals surface area contributed by atoms with Crippen molar-refractivity contribution < 1.29 is 4.74 Å². The molecule has 108 valence electrons.